The summed E-state index contributed by atoms with van der Waals surface area (Å²) in [7, 11) is -0.333. The normalized spacial score (nSPS) is 12.2. The predicted octanol–water partition coefficient (Wildman–Crippen LogP) is -0.624. The highest BCUT2D eigenvalue weighted by atomic mass is 28.2. The van der Waals surface area contributed by atoms with Crippen molar-refractivity contribution in [2.45, 2.75) is 32.4 Å². The van der Waals surface area contributed by atoms with Gasteiger partial charge < -0.3 is 24.5 Å². The number of ether oxygens (including phenoxy) is 1. The van der Waals surface area contributed by atoms with Gasteiger partial charge in [-0.25, -0.2) is 0 Å². The van der Waals surface area contributed by atoms with Crippen molar-refractivity contribution in [3.63, 3.8) is 0 Å². The monoisotopic (exact) mass is 268 g/mol. The highest BCUT2D eigenvalue weighted by Gasteiger charge is 2.00. The molecule has 1 unspecified atom stereocenters. The number of aliphatic carboxylic acids is 1. The van der Waals surface area contributed by atoms with Crippen molar-refractivity contribution < 1.29 is 29.3 Å². The van der Waals surface area contributed by atoms with E-state index in [0.717, 1.165) is 26.0 Å². The minimum atomic E-state index is -0.833. The molecule has 0 saturated heterocycles. The first-order valence-corrected chi connectivity index (χ1v) is 7.26. The summed E-state index contributed by atoms with van der Waals surface area (Å²) in [4.78, 5) is 9.00. The lowest BCUT2D eigenvalue weighted by molar-refractivity contribution is -0.134. The van der Waals surface area contributed by atoms with Crippen LogP contribution in [0.5, 0.6) is 0 Å². The number of carbonyl (C=O) groups is 1. The molecule has 0 aliphatic rings. The van der Waals surface area contributed by atoms with Gasteiger partial charge in [0.2, 0.25) is 0 Å². The molecular formula is C10H24O6Si. The van der Waals surface area contributed by atoms with Crippen LogP contribution in [0.25, 0.3) is 0 Å². The average Bonchev–Trinajstić information content (AvgIpc) is 2.26. The lowest BCUT2D eigenvalue weighted by Crippen LogP contribution is -2.19. The number of carboxylic acid groups (broad SMARTS) is 1. The Hall–Kier alpha value is -0.473. The van der Waals surface area contributed by atoms with Gasteiger partial charge >= 0.3 is 0 Å². The fraction of sp³-hybridized carbons (Fsp3) is 0.900. The number of aliphatic hydroxyl groups excluding tert-OH is 2. The van der Waals surface area contributed by atoms with Crippen LogP contribution in [0.15, 0.2) is 0 Å². The van der Waals surface area contributed by atoms with Gasteiger partial charge in [-0.2, -0.15) is 0 Å². The molecule has 0 spiro atoms. The highest BCUT2D eigenvalue weighted by molar-refractivity contribution is 6.26. The number of hydrogen-bond donors (Lipinski definition) is 3. The molecule has 0 radical (unpaired) electrons. The first kappa shape index (κ1) is 18.9. The minimum Gasteiger partial charge on any atom is -0.481 e. The summed E-state index contributed by atoms with van der Waals surface area (Å²) in [5.41, 5.74) is 0. The summed E-state index contributed by atoms with van der Waals surface area (Å²) in [6.07, 6.45) is 0.258. The highest BCUT2D eigenvalue weighted by Crippen LogP contribution is 1.92. The van der Waals surface area contributed by atoms with Gasteiger partial charge in [-0.15, -0.1) is 0 Å². The zero-order valence-electron chi connectivity index (χ0n) is 10.6. The molecule has 3 N–H and O–H groups in total. The van der Waals surface area contributed by atoms with Crippen molar-refractivity contribution in [1.29, 1.82) is 0 Å². The quantitative estimate of drug-likeness (QED) is 0.381. The number of carboxylic acids is 1. The van der Waals surface area contributed by atoms with E-state index in [9.17, 15) is 0 Å². The third kappa shape index (κ3) is 25.6. The maximum atomic E-state index is 9.00. The van der Waals surface area contributed by atoms with Gasteiger partial charge in [-0.1, -0.05) is 0 Å². The summed E-state index contributed by atoms with van der Waals surface area (Å²) >= 11 is 0. The van der Waals surface area contributed by atoms with E-state index >= 15 is 0 Å². The van der Waals surface area contributed by atoms with Crippen molar-refractivity contribution in [1.82, 2.24) is 0 Å². The molecule has 0 aliphatic heterocycles. The van der Waals surface area contributed by atoms with Gasteiger partial charge in [-0.05, 0) is 19.4 Å². The summed E-state index contributed by atoms with van der Waals surface area (Å²) in [6, 6.07) is 1.11. The largest absolute Gasteiger partial charge is 0.481 e. The Balaban J connectivity index is 0. The average molecular weight is 268 g/mol. The van der Waals surface area contributed by atoms with E-state index in [1.807, 2.05) is 6.92 Å². The molecule has 0 heterocycles. The van der Waals surface area contributed by atoms with Crippen molar-refractivity contribution in [3.8, 4) is 0 Å². The van der Waals surface area contributed by atoms with Crippen LogP contribution >= 0.6 is 0 Å². The second kappa shape index (κ2) is 15.5. The minimum absolute atomic E-state index is 0.228. The van der Waals surface area contributed by atoms with Crippen LogP contribution < -0.4 is 0 Å². The predicted molar refractivity (Wildman–Crippen MR) is 66.8 cm³/mol. The molecule has 0 aromatic rings. The van der Waals surface area contributed by atoms with Crippen molar-refractivity contribution >= 4 is 15.7 Å². The summed E-state index contributed by atoms with van der Waals surface area (Å²) < 4.78 is 10.4. The topological polar surface area (TPSA) is 96.2 Å². The van der Waals surface area contributed by atoms with Gasteiger partial charge in [0.1, 0.15) is 6.10 Å². The molecule has 0 bridgehead atoms. The molecule has 0 aromatic heterocycles. The van der Waals surface area contributed by atoms with Crippen LogP contribution in [0.4, 0.5) is 0 Å². The van der Waals surface area contributed by atoms with Crippen molar-refractivity contribution in [2.24, 2.45) is 0 Å². The molecule has 0 saturated carbocycles. The Labute approximate surface area is 104 Å². The van der Waals surface area contributed by atoms with Crippen LogP contribution in [0.2, 0.25) is 6.04 Å². The van der Waals surface area contributed by atoms with E-state index < -0.39 is 12.1 Å². The van der Waals surface area contributed by atoms with Crippen LogP contribution in [0.1, 0.15) is 20.3 Å². The van der Waals surface area contributed by atoms with E-state index in [0.29, 0.717) is 6.61 Å². The molecule has 0 aliphatic carbocycles. The van der Waals surface area contributed by atoms with E-state index in [4.69, 9.17) is 29.3 Å². The van der Waals surface area contributed by atoms with Crippen LogP contribution in [-0.2, 0) is 14.0 Å². The molecule has 1 atom stereocenters. The van der Waals surface area contributed by atoms with E-state index in [1.165, 1.54) is 0 Å². The molecule has 0 fully saturated rings. The lowest BCUT2D eigenvalue weighted by Gasteiger charge is -2.07. The number of aliphatic hydroxyl groups is 2. The smallest absolute Gasteiger partial charge is 0.300 e. The maximum Gasteiger partial charge on any atom is 0.300 e. The van der Waals surface area contributed by atoms with Crippen LogP contribution in [0.3, 0.4) is 0 Å². The zero-order chi connectivity index (χ0) is 13.5. The zero-order valence-corrected chi connectivity index (χ0v) is 12.0. The molecule has 0 amide bonds. The Morgan fingerprint density at radius 3 is 2.53 bits per heavy atom. The maximum absolute atomic E-state index is 9.00. The van der Waals surface area contributed by atoms with Gasteiger partial charge in [0.15, 0.2) is 9.76 Å². The van der Waals surface area contributed by atoms with Gasteiger partial charge in [0.25, 0.3) is 5.97 Å². The number of hydrogen-bond acceptors (Lipinski definition) is 5. The Bertz CT molecular complexity index is 163. The molecule has 7 heteroatoms. The van der Waals surface area contributed by atoms with Gasteiger partial charge in [0.05, 0.1) is 13.2 Å². The summed E-state index contributed by atoms with van der Waals surface area (Å²) in [5.74, 6) is -0.833. The summed E-state index contributed by atoms with van der Waals surface area (Å²) in [6.45, 7) is 4.55. The molecular weight excluding hydrogens is 244 g/mol. The van der Waals surface area contributed by atoms with Crippen LogP contribution in [-0.4, -0.2) is 63.6 Å². The fourth-order valence-electron chi connectivity index (χ4n) is 0.825. The second-order valence-electron chi connectivity index (χ2n) is 3.33. The molecule has 0 aromatic carbocycles. The van der Waals surface area contributed by atoms with Crippen molar-refractivity contribution in [3.05, 3.63) is 0 Å². The standard InChI is InChI=1S/C8H20O4Si.C2H4O2/c1-2-12-13-5-3-4-11-7-8(10)6-9;1-2(3)4/h8-10H,2-7,13H2,1H3;1H3,(H,3,4). The SMILES string of the molecule is CC(=O)O.CCO[SiH2]CCCOCC(O)CO. The first-order chi connectivity index (χ1) is 8.04. The second-order valence-corrected chi connectivity index (χ2v) is 4.86. The Kier molecular flexibility index (Phi) is 17.2. The van der Waals surface area contributed by atoms with Crippen LogP contribution in [0, 0.1) is 0 Å². The fourth-order valence-corrected chi connectivity index (χ4v) is 1.73. The molecule has 104 valence electrons. The van der Waals surface area contributed by atoms with E-state index in [1.54, 1.807) is 0 Å². The Morgan fingerprint density at radius 1 is 1.47 bits per heavy atom. The van der Waals surface area contributed by atoms with E-state index in [-0.39, 0.29) is 23.0 Å². The van der Waals surface area contributed by atoms with E-state index in [2.05, 4.69) is 0 Å². The molecule has 6 nitrogen and oxygen atoms in total. The third-order valence-electron chi connectivity index (χ3n) is 1.55. The lowest BCUT2D eigenvalue weighted by atomic mass is 10.4. The number of rotatable bonds is 9. The molecule has 0 rings (SSSR count). The van der Waals surface area contributed by atoms with Gasteiger partial charge in [0, 0.05) is 20.1 Å². The van der Waals surface area contributed by atoms with Crippen molar-refractivity contribution in [2.75, 3.05) is 26.4 Å². The van der Waals surface area contributed by atoms with Gasteiger partial charge in [-0.3, -0.25) is 4.79 Å². The Morgan fingerprint density at radius 2 is 2.06 bits per heavy atom. The molecule has 17 heavy (non-hydrogen) atoms. The first-order valence-electron chi connectivity index (χ1n) is 5.68. The summed E-state index contributed by atoms with van der Waals surface area (Å²) in [5, 5.41) is 24.8. The third-order valence-corrected chi connectivity index (χ3v) is 3.04.